The van der Waals surface area contributed by atoms with E-state index in [0.717, 1.165) is 38.5 Å². The normalized spacial score (nSPS) is 14.3. The highest BCUT2D eigenvalue weighted by Crippen LogP contribution is 2.47. The van der Waals surface area contributed by atoms with E-state index in [-0.39, 0.29) is 30.1 Å². The average molecular weight is 786 g/mol. The minimum atomic E-state index is -4.28. The predicted octanol–water partition coefficient (Wildman–Crippen LogP) is 12.8. The molecule has 8 nitrogen and oxygen atoms in total. The largest absolute Gasteiger partial charge is 0.774 e. The Morgan fingerprint density at radius 3 is 1.31 bits per heavy atom. The summed E-state index contributed by atoms with van der Waals surface area (Å²) < 4.78 is 29.7. The first-order chi connectivity index (χ1) is 26.0. The van der Waals surface area contributed by atoms with Crippen LogP contribution in [0.25, 0.3) is 0 Å². The maximum atomic E-state index is 13.0. The van der Waals surface area contributed by atoms with E-state index in [4.69, 9.17) is 14.0 Å². The van der Waals surface area contributed by atoms with Crippen LogP contribution in [-0.2, 0) is 28.2 Å². The topological polar surface area (TPSA) is 102 Å². The van der Waals surface area contributed by atoms with Crippen molar-refractivity contribution in [2.75, 3.05) is 34.4 Å². The third-order valence-corrected chi connectivity index (χ3v) is 12.7. The first kappa shape index (κ1) is 52.8. The van der Waals surface area contributed by atoms with E-state index in [9.17, 15) is 19.0 Å². The molecular formula is C45H88NO7P. The van der Waals surface area contributed by atoms with Crippen molar-refractivity contribution in [3.63, 3.8) is 0 Å². The van der Waals surface area contributed by atoms with Crippen molar-refractivity contribution in [3.8, 4) is 0 Å². The Balaban J connectivity index is 4.26. The van der Waals surface area contributed by atoms with E-state index in [2.05, 4.69) is 26.0 Å². The Bertz CT molecular complexity index is 951. The van der Waals surface area contributed by atoms with Gasteiger partial charge in [-0.2, -0.15) is 0 Å². The van der Waals surface area contributed by atoms with Gasteiger partial charge in [-0.05, 0) is 38.5 Å². The first-order valence-electron chi connectivity index (χ1n) is 22.7. The van der Waals surface area contributed by atoms with Crippen LogP contribution < -0.4 is 4.89 Å². The van der Waals surface area contributed by atoms with Gasteiger partial charge in [-0.1, -0.05) is 174 Å². The second kappa shape index (κ2) is 36.2. The lowest BCUT2D eigenvalue weighted by molar-refractivity contribution is -0.884. The van der Waals surface area contributed by atoms with Crippen LogP contribution in [0.1, 0.15) is 220 Å². The minimum Gasteiger partial charge on any atom is -0.774 e. The number of hydrogen-bond acceptors (Lipinski definition) is 7. The van der Waals surface area contributed by atoms with Crippen molar-refractivity contribution < 1.29 is 37.5 Å². The molecule has 3 atom stereocenters. The van der Waals surface area contributed by atoms with Gasteiger partial charge in [-0.25, -0.2) is 0 Å². The summed E-state index contributed by atoms with van der Waals surface area (Å²) in [5.41, 5.74) is 0. The molecule has 0 aliphatic carbocycles. The molecule has 0 saturated carbocycles. The lowest BCUT2D eigenvalue weighted by Gasteiger charge is -2.41. The number of carbonyl (C=O) groups is 2. The molecule has 2 unspecified atom stereocenters. The van der Waals surface area contributed by atoms with E-state index >= 15 is 0 Å². The molecule has 0 N–H and O–H groups in total. The Labute approximate surface area is 334 Å². The molecule has 0 aromatic rings. The van der Waals surface area contributed by atoms with Crippen LogP contribution in [0.2, 0.25) is 0 Å². The van der Waals surface area contributed by atoms with Crippen molar-refractivity contribution in [3.05, 3.63) is 12.2 Å². The van der Waals surface area contributed by atoms with Crippen LogP contribution in [0.5, 0.6) is 0 Å². The zero-order valence-corrected chi connectivity index (χ0v) is 37.3. The third kappa shape index (κ3) is 33.0. The summed E-state index contributed by atoms with van der Waals surface area (Å²) in [5, 5.41) is 0. The van der Waals surface area contributed by atoms with Crippen molar-refractivity contribution in [2.24, 2.45) is 0 Å². The Morgan fingerprint density at radius 2 is 0.926 bits per heavy atom. The van der Waals surface area contributed by atoms with Gasteiger partial charge in [0.1, 0.15) is 6.61 Å². The molecule has 0 spiro atoms. The molecule has 0 fully saturated rings. The quantitative estimate of drug-likeness (QED) is 0.0200. The van der Waals surface area contributed by atoms with Gasteiger partial charge in [0.15, 0.2) is 19.5 Å². The molecule has 0 aromatic carbocycles. The van der Waals surface area contributed by atoms with Gasteiger partial charge < -0.3 is 27.9 Å². The smallest absolute Gasteiger partial charge is 0.306 e. The monoisotopic (exact) mass is 786 g/mol. The van der Waals surface area contributed by atoms with E-state index < -0.39 is 25.5 Å². The second-order valence-corrected chi connectivity index (χ2v) is 18.6. The molecular weight excluding hydrogens is 697 g/mol. The second-order valence-electron chi connectivity index (χ2n) is 16.7. The number of unbranched alkanes of at least 4 members (excludes halogenated alkanes) is 25. The zero-order chi connectivity index (χ0) is 40.2. The van der Waals surface area contributed by atoms with Gasteiger partial charge in [-0.15, -0.1) is 0 Å². The summed E-state index contributed by atoms with van der Waals surface area (Å²) in [6.07, 6.45) is 38.9. The van der Waals surface area contributed by atoms with Crippen LogP contribution in [0, 0.1) is 0 Å². The molecule has 9 heteroatoms. The average Bonchev–Trinajstić information content (AvgIpc) is 3.12. The maximum Gasteiger partial charge on any atom is 0.306 e. The molecule has 54 heavy (non-hydrogen) atoms. The van der Waals surface area contributed by atoms with Gasteiger partial charge in [0, 0.05) is 19.3 Å². The molecule has 320 valence electrons. The summed E-state index contributed by atoms with van der Waals surface area (Å²) in [6.45, 7) is 5.73. The maximum absolute atomic E-state index is 13.0. The van der Waals surface area contributed by atoms with Crippen LogP contribution in [0.15, 0.2) is 12.2 Å². The fourth-order valence-corrected chi connectivity index (χ4v) is 8.91. The zero-order valence-electron chi connectivity index (χ0n) is 36.4. The molecule has 0 aliphatic rings. The number of esters is 2. The molecule has 0 amide bonds. The van der Waals surface area contributed by atoms with Gasteiger partial charge >= 0.3 is 11.9 Å². The van der Waals surface area contributed by atoms with E-state index in [0.29, 0.717) is 12.8 Å². The molecule has 0 saturated heterocycles. The Kier molecular flexibility index (Phi) is 35.3. The summed E-state index contributed by atoms with van der Waals surface area (Å²) in [6, 6.07) is 0. The van der Waals surface area contributed by atoms with Crippen molar-refractivity contribution in [1.29, 1.82) is 0 Å². The Morgan fingerprint density at radius 1 is 0.556 bits per heavy atom. The fraction of sp³-hybridized carbons (Fsp3) is 0.911. The summed E-state index contributed by atoms with van der Waals surface area (Å²) in [7, 11) is 1.16. The minimum absolute atomic E-state index is 0.201. The standard InChI is InChI=1S/C45H88NO7P/c1-7-10-12-14-16-18-19-20-21-22-23-24-25-26-27-28-29-31-32-34-36-38-44(47)51-40-42(41-52-54(49,50)43(9-3)46(4,5)6)53-45(48)39-37-35-33-30-17-15-13-11-8-2/h20-21,42-43H,7-19,22-41H2,1-6H3/b21-20-/t42-,43?/m1/s1. The highest BCUT2D eigenvalue weighted by atomic mass is 31.2. The van der Waals surface area contributed by atoms with Crippen LogP contribution >= 0.6 is 7.60 Å². The number of hydrogen-bond donors (Lipinski definition) is 0. The number of quaternary nitrogens is 1. The lowest BCUT2D eigenvalue weighted by Crippen LogP contribution is -2.47. The van der Waals surface area contributed by atoms with Crippen LogP contribution in [-0.4, -0.2) is 62.7 Å². The highest BCUT2D eigenvalue weighted by Gasteiger charge is 2.34. The third-order valence-electron chi connectivity index (χ3n) is 10.4. The molecule has 0 bridgehead atoms. The number of carbonyl (C=O) groups excluding carboxylic acids is 2. The Hall–Kier alpha value is -1.21. The van der Waals surface area contributed by atoms with Gasteiger partial charge in [-0.3, -0.25) is 9.59 Å². The number of nitrogens with zero attached hydrogens (tertiary/aromatic N) is 1. The van der Waals surface area contributed by atoms with Gasteiger partial charge in [0.05, 0.1) is 27.7 Å². The van der Waals surface area contributed by atoms with Crippen LogP contribution in [0.3, 0.4) is 0 Å². The SMILES string of the molecule is CCCCCCCC/C=C\CCCCCCCCCCCCCC(=O)OC[C@H](COP(=O)([O-])C(CC)[N+](C)(C)C)OC(=O)CCCCCCCCCCC. The predicted molar refractivity (Wildman–Crippen MR) is 226 cm³/mol. The summed E-state index contributed by atoms with van der Waals surface area (Å²) in [4.78, 5) is 38.3. The summed E-state index contributed by atoms with van der Waals surface area (Å²) in [5.74, 6) is -1.50. The molecule has 0 aromatic heterocycles. The molecule has 0 rings (SSSR count). The van der Waals surface area contributed by atoms with E-state index in [1.165, 1.54) is 141 Å². The van der Waals surface area contributed by atoms with Crippen molar-refractivity contribution >= 4 is 19.5 Å². The van der Waals surface area contributed by atoms with Gasteiger partial charge in [0.2, 0.25) is 0 Å². The van der Waals surface area contributed by atoms with Crippen molar-refractivity contribution in [2.45, 2.75) is 232 Å². The van der Waals surface area contributed by atoms with Crippen LogP contribution in [0.4, 0.5) is 0 Å². The number of rotatable bonds is 40. The summed E-state index contributed by atoms with van der Waals surface area (Å²) >= 11 is 0. The van der Waals surface area contributed by atoms with E-state index in [1.54, 1.807) is 0 Å². The first-order valence-corrected chi connectivity index (χ1v) is 24.4. The fourth-order valence-electron chi connectivity index (χ4n) is 7.07. The molecule has 0 aliphatic heterocycles. The number of ether oxygens (including phenoxy) is 2. The van der Waals surface area contributed by atoms with Crippen molar-refractivity contribution in [1.82, 2.24) is 0 Å². The lowest BCUT2D eigenvalue weighted by atomic mass is 10.0. The van der Waals surface area contributed by atoms with E-state index in [1.807, 2.05) is 28.1 Å². The number of allylic oxidation sites excluding steroid dienone is 2. The molecule has 0 radical (unpaired) electrons. The molecule has 0 heterocycles. The van der Waals surface area contributed by atoms with Gasteiger partial charge in [0.25, 0.3) is 0 Å². The highest BCUT2D eigenvalue weighted by molar-refractivity contribution is 7.51.